The van der Waals surface area contributed by atoms with Gasteiger partial charge in [-0.15, -0.1) is 0 Å². The lowest BCUT2D eigenvalue weighted by Crippen LogP contribution is -2.52. The Labute approximate surface area is 137 Å². The molecule has 0 bridgehead atoms. The number of amides is 2. The van der Waals surface area contributed by atoms with Crippen molar-refractivity contribution in [3.63, 3.8) is 0 Å². The monoisotopic (exact) mass is 325 g/mol. The number of nitrogens with one attached hydrogen (secondary N) is 2. The van der Waals surface area contributed by atoms with Gasteiger partial charge >= 0.3 is 6.03 Å². The van der Waals surface area contributed by atoms with E-state index in [9.17, 15) is 4.79 Å². The topological polar surface area (TPSA) is 53.6 Å². The zero-order chi connectivity index (χ0) is 16.1. The Kier molecular flexibility index (Phi) is 6.06. The van der Waals surface area contributed by atoms with Crippen LogP contribution in [0.2, 0.25) is 5.02 Å². The van der Waals surface area contributed by atoms with Crippen molar-refractivity contribution < 1.29 is 9.53 Å². The van der Waals surface area contributed by atoms with Crippen LogP contribution in [0.15, 0.2) is 18.2 Å². The third kappa shape index (κ3) is 4.35. The highest BCUT2D eigenvalue weighted by Crippen LogP contribution is 2.25. The molecule has 1 aromatic rings. The lowest BCUT2D eigenvalue weighted by Gasteiger charge is -2.35. The van der Waals surface area contributed by atoms with Gasteiger partial charge < -0.3 is 15.4 Å². The molecule has 1 aliphatic rings. The molecule has 2 rings (SSSR count). The summed E-state index contributed by atoms with van der Waals surface area (Å²) in [6.45, 7) is 9.36. The molecule has 22 heavy (non-hydrogen) atoms. The van der Waals surface area contributed by atoms with Crippen LogP contribution in [0, 0.1) is 6.92 Å². The largest absolute Gasteiger partial charge is 0.379 e. The zero-order valence-corrected chi connectivity index (χ0v) is 14.1. The smallest absolute Gasteiger partial charge is 0.319 e. The highest BCUT2D eigenvalue weighted by Gasteiger charge is 2.23. The first-order valence-electron chi connectivity index (χ1n) is 7.63. The van der Waals surface area contributed by atoms with Gasteiger partial charge in [0.15, 0.2) is 0 Å². The number of nitrogens with zero attached hydrogens (tertiary/aromatic N) is 1. The summed E-state index contributed by atoms with van der Waals surface area (Å²) >= 11 is 6.13. The highest BCUT2D eigenvalue weighted by atomic mass is 35.5. The average Bonchev–Trinajstić information content (AvgIpc) is 2.51. The quantitative estimate of drug-likeness (QED) is 0.895. The molecule has 0 aliphatic carbocycles. The SMILES string of the molecule is Cc1cccc(Cl)c1NC(=O)N[C@H](C)[C@@H](C)N1CCOCC1. The summed E-state index contributed by atoms with van der Waals surface area (Å²) in [6, 6.07) is 5.60. The van der Waals surface area contributed by atoms with Gasteiger partial charge in [-0.05, 0) is 32.4 Å². The Hall–Kier alpha value is -1.30. The summed E-state index contributed by atoms with van der Waals surface area (Å²) in [7, 11) is 0. The number of para-hydroxylation sites is 1. The third-order valence-corrected chi connectivity index (χ3v) is 4.48. The molecule has 2 atom stereocenters. The first kappa shape index (κ1) is 17.1. The summed E-state index contributed by atoms with van der Waals surface area (Å²) in [4.78, 5) is 14.5. The van der Waals surface area contributed by atoms with Crippen molar-refractivity contribution in [2.75, 3.05) is 31.6 Å². The minimum Gasteiger partial charge on any atom is -0.379 e. The summed E-state index contributed by atoms with van der Waals surface area (Å²) in [5.74, 6) is 0. The minimum absolute atomic E-state index is 0.0286. The average molecular weight is 326 g/mol. The molecule has 1 heterocycles. The number of carbonyl (C=O) groups excluding carboxylic acids is 1. The van der Waals surface area contributed by atoms with Crippen molar-refractivity contribution in [2.45, 2.75) is 32.9 Å². The van der Waals surface area contributed by atoms with E-state index in [0.29, 0.717) is 10.7 Å². The Morgan fingerprint density at radius 2 is 2.00 bits per heavy atom. The number of rotatable bonds is 4. The van der Waals surface area contributed by atoms with Gasteiger partial charge in [0.2, 0.25) is 0 Å². The van der Waals surface area contributed by atoms with Crippen LogP contribution in [0.5, 0.6) is 0 Å². The van der Waals surface area contributed by atoms with Crippen LogP contribution >= 0.6 is 11.6 Å². The number of urea groups is 1. The van der Waals surface area contributed by atoms with E-state index in [0.717, 1.165) is 31.9 Å². The molecule has 1 fully saturated rings. The standard InChI is InChI=1S/C16H24ClN3O2/c1-11-5-4-6-14(17)15(11)19-16(21)18-12(2)13(3)20-7-9-22-10-8-20/h4-6,12-13H,7-10H2,1-3H3,(H2,18,19,21)/t12-,13-/m1/s1. The number of halogens is 1. The number of aryl methyl sites for hydroxylation is 1. The van der Waals surface area contributed by atoms with Crippen LogP contribution in [0.4, 0.5) is 10.5 Å². The van der Waals surface area contributed by atoms with Crippen molar-refractivity contribution in [1.82, 2.24) is 10.2 Å². The molecule has 1 aliphatic heterocycles. The summed E-state index contributed by atoms with van der Waals surface area (Å²) in [6.07, 6.45) is 0. The number of benzene rings is 1. The predicted octanol–water partition coefficient (Wildman–Crippen LogP) is 2.88. The zero-order valence-electron chi connectivity index (χ0n) is 13.4. The Balaban J connectivity index is 1.90. The molecule has 0 spiro atoms. The summed E-state index contributed by atoms with van der Waals surface area (Å²) in [5, 5.41) is 6.38. The van der Waals surface area contributed by atoms with Crippen LogP contribution in [0.1, 0.15) is 19.4 Å². The molecule has 1 aromatic carbocycles. The van der Waals surface area contributed by atoms with E-state index in [4.69, 9.17) is 16.3 Å². The summed E-state index contributed by atoms with van der Waals surface area (Å²) < 4.78 is 5.36. The number of hydrogen-bond donors (Lipinski definition) is 2. The van der Waals surface area contributed by atoms with Crippen LogP contribution in [0.25, 0.3) is 0 Å². The molecule has 0 aromatic heterocycles. The molecular formula is C16H24ClN3O2. The van der Waals surface area contributed by atoms with Crippen molar-refractivity contribution in [3.8, 4) is 0 Å². The fourth-order valence-corrected chi connectivity index (χ4v) is 2.84. The van der Waals surface area contributed by atoms with E-state index in [1.54, 1.807) is 6.07 Å². The van der Waals surface area contributed by atoms with E-state index in [-0.39, 0.29) is 18.1 Å². The number of hydrogen-bond acceptors (Lipinski definition) is 3. The second-order valence-corrected chi connectivity index (χ2v) is 6.12. The van der Waals surface area contributed by atoms with Gasteiger partial charge in [0, 0.05) is 25.2 Å². The first-order valence-corrected chi connectivity index (χ1v) is 8.01. The first-order chi connectivity index (χ1) is 10.5. The normalized spacial score (nSPS) is 18.5. The second-order valence-electron chi connectivity index (χ2n) is 5.71. The van der Waals surface area contributed by atoms with Crippen molar-refractivity contribution in [2.24, 2.45) is 0 Å². The van der Waals surface area contributed by atoms with Gasteiger partial charge in [-0.25, -0.2) is 4.79 Å². The number of anilines is 1. The van der Waals surface area contributed by atoms with Gasteiger partial charge in [0.25, 0.3) is 0 Å². The Bertz CT molecular complexity index is 498. The molecule has 2 amide bonds. The predicted molar refractivity (Wildman–Crippen MR) is 89.7 cm³/mol. The van der Waals surface area contributed by atoms with Crippen molar-refractivity contribution in [3.05, 3.63) is 28.8 Å². The van der Waals surface area contributed by atoms with Crippen LogP contribution < -0.4 is 10.6 Å². The van der Waals surface area contributed by atoms with Crippen LogP contribution in [0.3, 0.4) is 0 Å². The van der Waals surface area contributed by atoms with Crippen LogP contribution in [-0.4, -0.2) is 49.3 Å². The maximum absolute atomic E-state index is 12.2. The van der Waals surface area contributed by atoms with Gasteiger partial charge in [0.05, 0.1) is 23.9 Å². The van der Waals surface area contributed by atoms with Gasteiger partial charge in [0.1, 0.15) is 0 Å². The maximum atomic E-state index is 12.2. The van der Waals surface area contributed by atoms with E-state index >= 15 is 0 Å². The number of morpholine rings is 1. The van der Waals surface area contributed by atoms with Crippen LogP contribution in [-0.2, 0) is 4.74 Å². The van der Waals surface area contributed by atoms with Crippen molar-refractivity contribution in [1.29, 1.82) is 0 Å². The van der Waals surface area contributed by atoms with E-state index < -0.39 is 0 Å². The molecule has 1 saturated heterocycles. The fourth-order valence-electron chi connectivity index (χ4n) is 2.57. The van der Waals surface area contributed by atoms with Gasteiger partial charge in [-0.1, -0.05) is 23.7 Å². The Morgan fingerprint density at radius 1 is 1.32 bits per heavy atom. The fraction of sp³-hybridized carbons (Fsp3) is 0.562. The highest BCUT2D eigenvalue weighted by molar-refractivity contribution is 6.33. The van der Waals surface area contributed by atoms with E-state index in [2.05, 4.69) is 22.5 Å². The summed E-state index contributed by atoms with van der Waals surface area (Å²) in [5.41, 5.74) is 1.60. The van der Waals surface area contributed by atoms with E-state index in [1.807, 2.05) is 26.0 Å². The second kappa shape index (κ2) is 7.81. The lowest BCUT2D eigenvalue weighted by molar-refractivity contribution is 0.0146. The molecular weight excluding hydrogens is 302 g/mol. The van der Waals surface area contributed by atoms with Crippen molar-refractivity contribution >= 4 is 23.3 Å². The number of carbonyl (C=O) groups is 1. The molecule has 0 unspecified atom stereocenters. The molecule has 6 heteroatoms. The maximum Gasteiger partial charge on any atom is 0.319 e. The van der Waals surface area contributed by atoms with Gasteiger partial charge in [-0.2, -0.15) is 0 Å². The minimum atomic E-state index is -0.233. The lowest BCUT2D eigenvalue weighted by atomic mass is 10.1. The van der Waals surface area contributed by atoms with Gasteiger partial charge in [-0.3, -0.25) is 4.90 Å². The molecule has 0 saturated carbocycles. The molecule has 122 valence electrons. The molecule has 5 nitrogen and oxygen atoms in total. The molecule has 2 N–H and O–H groups in total. The Morgan fingerprint density at radius 3 is 2.64 bits per heavy atom. The third-order valence-electron chi connectivity index (χ3n) is 4.16. The van der Waals surface area contributed by atoms with E-state index in [1.165, 1.54) is 0 Å². The number of ether oxygens (including phenoxy) is 1. The molecule has 0 radical (unpaired) electrons.